The summed E-state index contributed by atoms with van der Waals surface area (Å²) in [4.78, 5) is 9.84. The number of nitrogens with two attached hydrogens (primary N) is 1. The minimum atomic E-state index is -2.81. The van der Waals surface area contributed by atoms with E-state index in [0.29, 0.717) is 0 Å². The van der Waals surface area contributed by atoms with E-state index in [-0.39, 0.29) is 11.3 Å². The molecule has 0 amide bonds. The average molecular weight is 232 g/mol. The van der Waals surface area contributed by atoms with Crippen molar-refractivity contribution in [2.75, 3.05) is 6.54 Å². The Bertz CT molecular complexity index is 398. The predicted octanol–water partition coefficient (Wildman–Crippen LogP) is 1.61. The van der Waals surface area contributed by atoms with E-state index < -0.39 is 29.5 Å². The maximum Gasteiger partial charge on any atom is 0.273 e. The standard InChI is InChI=1S/C9H10F2N2O3/c10-9(11)7(4-12)6-3-5(14)1-2-8(6)13(15)16/h1-3,7,9,14H,4,12H2. The average Bonchev–Trinajstić information content (AvgIpc) is 2.17. The molecule has 5 nitrogen and oxygen atoms in total. The van der Waals surface area contributed by atoms with Crippen molar-refractivity contribution in [1.29, 1.82) is 0 Å². The maximum atomic E-state index is 12.6. The van der Waals surface area contributed by atoms with Crippen LogP contribution in [-0.2, 0) is 0 Å². The fourth-order valence-corrected chi connectivity index (χ4v) is 1.37. The molecule has 3 N–H and O–H groups in total. The molecule has 0 bridgehead atoms. The van der Waals surface area contributed by atoms with Crippen molar-refractivity contribution in [2.45, 2.75) is 12.3 Å². The van der Waals surface area contributed by atoms with Crippen LogP contribution in [-0.4, -0.2) is 23.0 Å². The van der Waals surface area contributed by atoms with Crippen LogP contribution < -0.4 is 5.73 Å². The molecule has 1 unspecified atom stereocenters. The van der Waals surface area contributed by atoms with Gasteiger partial charge in [0.2, 0.25) is 6.43 Å². The fourth-order valence-electron chi connectivity index (χ4n) is 1.37. The number of phenolic OH excluding ortho intramolecular Hbond substituents is 1. The Morgan fingerprint density at radius 2 is 2.12 bits per heavy atom. The van der Waals surface area contributed by atoms with E-state index in [1.807, 2.05) is 0 Å². The molecule has 0 saturated carbocycles. The minimum Gasteiger partial charge on any atom is -0.508 e. The predicted molar refractivity (Wildman–Crippen MR) is 52.6 cm³/mol. The number of nitro benzene ring substituents is 1. The molecular formula is C9H10F2N2O3. The zero-order valence-electron chi connectivity index (χ0n) is 8.14. The van der Waals surface area contributed by atoms with Crippen LogP contribution in [0.2, 0.25) is 0 Å². The third-order valence-electron chi connectivity index (χ3n) is 2.17. The summed E-state index contributed by atoms with van der Waals surface area (Å²) in [5.74, 6) is -1.76. The number of phenols is 1. The highest BCUT2D eigenvalue weighted by Gasteiger charge is 2.28. The van der Waals surface area contributed by atoms with Crippen molar-refractivity contribution >= 4 is 5.69 Å². The van der Waals surface area contributed by atoms with Crippen LogP contribution in [0, 0.1) is 10.1 Å². The first kappa shape index (κ1) is 12.3. The van der Waals surface area contributed by atoms with Gasteiger partial charge in [0.25, 0.3) is 5.69 Å². The Kier molecular flexibility index (Phi) is 3.73. The summed E-state index contributed by atoms with van der Waals surface area (Å²) in [6.07, 6.45) is -2.81. The van der Waals surface area contributed by atoms with Crippen LogP contribution in [0.1, 0.15) is 11.5 Å². The van der Waals surface area contributed by atoms with E-state index in [0.717, 1.165) is 18.2 Å². The molecule has 7 heteroatoms. The third kappa shape index (κ3) is 2.43. The molecule has 16 heavy (non-hydrogen) atoms. The summed E-state index contributed by atoms with van der Waals surface area (Å²) in [6, 6.07) is 3.00. The third-order valence-corrected chi connectivity index (χ3v) is 2.17. The van der Waals surface area contributed by atoms with Crippen molar-refractivity contribution < 1.29 is 18.8 Å². The van der Waals surface area contributed by atoms with Crippen LogP contribution in [0.3, 0.4) is 0 Å². The normalized spacial score (nSPS) is 12.8. The van der Waals surface area contributed by atoms with E-state index >= 15 is 0 Å². The Morgan fingerprint density at radius 1 is 1.50 bits per heavy atom. The van der Waals surface area contributed by atoms with E-state index in [2.05, 4.69) is 0 Å². The number of hydrogen-bond donors (Lipinski definition) is 2. The van der Waals surface area contributed by atoms with Gasteiger partial charge in [0, 0.05) is 18.2 Å². The lowest BCUT2D eigenvalue weighted by molar-refractivity contribution is -0.385. The molecule has 1 rings (SSSR count). The van der Waals surface area contributed by atoms with Crippen LogP contribution in [0.25, 0.3) is 0 Å². The number of rotatable bonds is 4. The molecule has 0 aliphatic rings. The number of benzene rings is 1. The topological polar surface area (TPSA) is 89.4 Å². The molecule has 1 atom stereocenters. The van der Waals surface area contributed by atoms with E-state index in [1.165, 1.54) is 0 Å². The van der Waals surface area contributed by atoms with E-state index in [9.17, 15) is 18.9 Å². The number of hydrogen-bond acceptors (Lipinski definition) is 4. The van der Waals surface area contributed by atoms with Gasteiger partial charge in [-0.25, -0.2) is 8.78 Å². The van der Waals surface area contributed by atoms with Gasteiger partial charge in [-0.2, -0.15) is 0 Å². The van der Waals surface area contributed by atoms with Gasteiger partial charge in [-0.3, -0.25) is 10.1 Å². The molecule has 1 aromatic rings. The lowest BCUT2D eigenvalue weighted by atomic mass is 9.97. The van der Waals surface area contributed by atoms with Gasteiger partial charge in [0.1, 0.15) is 5.75 Å². The van der Waals surface area contributed by atoms with Crippen molar-refractivity contribution in [3.8, 4) is 5.75 Å². The lowest BCUT2D eigenvalue weighted by Crippen LogP contribution is -2.20. The largest absolute Gasteiger partial charge is 0.508 e. The number of nitro groups is 1. The van der Waals surface area contributed by atoms with Gasteiger partial charge in [0.05, 0.1) is 10.8 Å². The van der Waals surface area contributed by atoms with Gasteiger partial charge in [-0.1, -0.05) is 0 Å². The second-order valence-electron chi connectivity index (χ2n) is 3.18. The zero-order valence-corrected chi connectivity index (χ0v) is 8.14. The molecule has 0 fully saturated rings. The minimum absolute atomic E-state index is 0.248. The number of aromatic hydroxyl groups is 1. The second-order valence-corrected chi connectivity index (χ2v) is 3.18. The highest BCUT2D eigenvalue weighted by molar-refractivity contribution is 5.47. The summed E-state index contributed by atoms with van der Waals surface area (Å²) >= 11 is 0. The van der Waals surface area contributed by atoms with E-state index in [4.69, 9.17) is 10.8 Å². The molecule has 0 aliphatic heterocycles. The number of nitrogens with zero attached hydrogens (tertiary/aromatic N) is 1. The summed E-state index contributed by atoms with van der Waals surface area (Å²) < 4.78 is 25.2. The Balaban J connectivity index is 3.27. The summed E-state index contributed by atoms with van der Waals surface area (Å²) in [5, 5.41) is 19.8. The molecule has 1 aromatic carbocycles. The monoisotopic (exact) mass is 232 g/mol. The highest BCUT2D eigenvalue weighted by Crippen LogP contribution is 2.32. The number of halogens is 2. The van der Waals surface area contributed by atoms with Crippen molar-refractivity contribution in [3.63, 3.8) is 0 Å². The van der Waals surface area contributed by atoms with Crippen LogP contribution in [0.4, 0.5) is 14.5 Å². The summed E-state index contributed by atoms with van der Waals surface area (Å²) in [6.45, 7) is -0.429. The van der Waals surface area contributed by atoms with Gasteiger partial charge in [-0.05, 0) is 12.1 Å². The van der Waals surface area contributed by atoms with Crippen molar-refractivity contribution in [3.05, 3.63) is 33.9 Å². The van der Waals surface area contributed by atoms with Gasteiger partial charge >= 0.3 is 0 Å². The van der Waals surface area contributed by atoms with Gasteiger partial charge in [-0.15, -0.1) is 0 Å². The van der Waals surface area contributed by atoms with Crippen LogP contribution >= 0.6 is 0 Å². The Labute approximate surface area is 89.6 Å². The molecule has 88 valence electrons. The molecule has 0 heterocycles. The molecule has 0 aliphatic carbocycles. The molecule has 0 spiro atoms. The first-order valence-electron chi connectivity index (χ1n) is 4.43. The maximum absolute atomic E-state index is 12.6. The molecular weight excluding hydrogens is 222 g/mol. The van der Waals surface area contributed by atoms with Gasteiger partial charge in [0.15, 0.2) is 0 Å². The first-order chi connectivity index (χ1) is 7.47. The smallest absolute Gasteiger partial charge is 0.273 e. The van der Waals surface area contributed by atoms with E-state index in [1.54, 1.807) is 0 Å². The molecule has 0 aromatic heterocycles. The highest BCUT2D eigenvalue weighted by atomic mass is 19.3. The van der Waals surface area contributed by atoms with Crippen LogP contribution in [0.5, 0.6) is 5.75 Å². The Morgan fingerprint density at radius 3 is 2.56 bits per heavy atom. The molecule has 0 radical (unpaired) electrons. The fraction of sp³-hybridized carbons (Fsp3) is 0.333. The molecule has 0 saturated heterocycles. The van der Waals surface area contributed by atoms with Gasteiger partial charge < -0.3 is 10.8 Å². The number of alkyl halides is 2. The quantitative estimate of drug-likeness (QED) is 0.609. The summed E-state index contributed by atoms with van der Waals surface area (Å²) in [7, 11) is 0. The zero-order chi connectivity index (χ0) is 12.3. The van der Waals surface area contributed by atoms with Crippen molar-refractivity contribution in [1.82, 2.24) is 0 Å². The first-order valence-corrected chi connectivity index (χ1v) is 4.43. The van der Waals surface area contributed by atoms with Crippen LogP contribution in [0.15, 0.2) is 18.2 Å². The van der Waals surface area contributed by atoms with Crippen molar-refractivity contribution in [2.24, 2.45) is 5.73 Å². The second kappa shape index (κ2) is 4.84. The Hall–Kier alpha value is -1.76. The SMILES string of the molecule is NCC(c1cc(O)ccc1[N+](=O)[O-])C(F)F. The lowest BCUT2D eigenvalue weighted by Gasteiger charge is -2.14. The summed E-state index contributed by atoms with van der Waals surface area (Å²) in [5.41, 5.74) is 4.43.